The number of nitrogens with zero attached hydrogens (tertiary/aromatic N) is 4. The summed E-state index contributed by atoms with van der Waals surface area (Å²) in [5.41, 5.74) is 2.19. The number of anilines is 1. The van der Waals surface area contributed by atoms with Crippen LogP contribution in [0.25, 0.3) is 11.0 Å². The molecule has 0 bridgehead atoms. The molecule has 4 nitrogen and oxygen atoms in total. The van der Waals surface area contributed by atoms with Gasteiger partial charge in [-0.2, -0.15) is 0 Å². The third-order valence-corrected chi connectivity index (χ3v) is 4.50. The SMILES string of the molecule is Cn1cnc2c(N(CCCBr)C3CCC3)nccc21. The number of aromatic nitrogens is 3. The van der Waals surface area contributed by atoms with Crippen LogP contribution in [0.1, 0.15) is 25.7 Å². The standard InChI is InChI=1S/C14H19BrN4/c1-18-10-17-13-12(18)6-8-16-14(13)19(9-3-7-15)11-4-2-5-11/h6,8,10-11H,2-5,7,9H2,1H3. The van der Waals surface area contributed by atoms with Crippen LogP contribution in [0.5, 0.6) is 0 Å². The van der Waals surface area contributed by atoms with Crippen LogP contribution >= 0.6 is 15.9 Å². The van der Waals surface area contributed by atoms with E-state index in [2.05, 4.69) is 35.4 Å². The molecular weight excluding hydrogens is 304 g/mol. The molecule has 3 rings (SSSR count). The van der Waals surface area contributed by atoms with Gasteiger partial charge in [0.25, 0.3) is 0 Å². The predicted molar refractivity (Wildman–Crippen MR) is 81.9 cm³/mol. The van der Waals surface area contributed by atoms with Crippen LogP contribution in [0.2, 0.25) is 0 Å². The molecule has 0 radical (unpaired) electrons. The molecule has 5 heteroatoms. The van der Waals surface area contributed by atoms with Crippen LogP contribution in [0, 0.1) is 0 Å². The van der Waals surface area contributed by atoms with Crippen molar-refractivity contribution in [2.24, 2.45) is 7.05 Å². The van der Waals surface area contributed by atoms with Crippen LogP contribution in [-0.4, -0.2) is 32.5 Å². The second-order valence-electron chi connectivity index (χ2n) is 5.18. The Balaban J connectivity index is 1.98. The highest BCUT2D eigenvalue weighted by atomic mass is 79.9. The van der Waals surface area contributed by atoms with Crippen LogP contribution in [0.15, 0.2) is 18.6 Å². The van der Waals surface area contributed by atoms with E-state index in [4.69, 9.17) is 0 Å². The molecule has 19 heavy (non-hydrogen) atoms. The number of imidazole rings is 1. The fourth-order valence-corrected chi connectivity index (χ4v) is 2.90. The fourth-order valence-electron chi connectivity index (χ4n) is 2.65. The molecule has 2 aromatic rings. The topological polar surface area (TPSA) is 34.0 Å². The van der Waals surface area contributed by atoms with Crippen molar-refractivity contribution in [3.8, 4) is 0 Å². The third kappa shape index (κ3) is 2.36. The highest BCUT2D eigenvalue weighted by Gasteiger charge is 2.27. The number of rotatable bonds is 5. The molecule has 0 aromatic carbocycles. The Labute approximate surface area is 122 Å². The first kappa shape index (κ1) is 12.9. The number of fused-ring (bicyclic) bond motifs is 1. The lowest BCUT2D eigenvalue weighted by Crippen LogP contribution is -2.41. The van der Waals surface area contributed by atoms with Crippen molar-refractivity contribution in [2.75, 3.05) is 16.8 Å². The maximum Gasteiger partial charge on any atom is 0.156 e. The first-order valence-corrected chi connectivity index (χ1v) is 8.02. The van der Waals surface area contributed by atoms with Crippen molar-refractivity contribution in [3.63, 3.8) is 0 Å². The van der Waals surface area contributed by atoms with Crippen molar-refractivity contribution in [1.29, 1.82) is 0 Å². The summed E-state index contributed by atoms with van der Waals surface area (Å²) in [4.78, 5) is 11.6. The molecule has 1 fully saturated rings. The van der Waals surface area contributed by atoms with Crippen LogP contribution in [-0.2, 0) is 7.05 Å². The lowest BCUT2D eigenvalue weighted by molar-refractivity contribution is 0.385. The van der Waals surface area contributed by atoms with Gasteiger partial charge in [0.05, 0.1) is 11.8 Å². The summed E-state index contributed by atoms with van der Waals surface area (Å²) in [6.45, 7) is 1.05. The molecule has 2 heterocycles. The Morgan fingerprint density at radius 3 is 2.95 bits per heavy atom. The lowest BCUT2D eigenvalue weighted by atomic mass is 9.91. The molecule has 0 amide bonds. The zero-order valence-corrected chi connectivity index (χ0v) is 12.8. The van der Waals surface area contributed by atoms with E-state index in [0.717, 1.165) is 35.1 Å². The van der Waals surface area contributed by atoms with E-state index >= 15 is 0 Å². The van der Waals surface area contributed by atoms with E-state index in [1.807, 2.05) is 25.6 Å². The first-order valence-electron chi connectivity index (χ1n) is 6.90. The minimum Gasteiger partial charge on any atom is -0.352 e. The molecular formula is C14H19BrN4. The van der Waals surface area contributed by atoms with Gasteiger partial charge in [0, 0.05) is 31.2 Å². The van der Waals surface area contributed by atoms with Crippen LogP contribution in [0.4, 0.5) is 5.82 Å². The van der Waals surface area contributed by atoms with E-state index in [0.29, 0.717) is 6.04 Å². The van der Waals surface area contributed by atoms with Gasteiger partial charge in [-0.15, -0.1) is 0 Å². The smallest absolute Gasteiger partial charge is 0.156 e. The molecule has 0 aliphatic heterocycles. The Hall–Kier alpha value is -1.10. The van der Waals surface area contributed by atoms with Gasteiger partial charge in [-0.05, 0) is 31.7 Å². The summed E-state index contributed by atoms with van der Waals surface area (Å²) in [7, 11) is 2.03. The zero-order valence-electron chi connectivity index (χ0n) is 11.2. The summed E-state index contributed by atoms with van der Waals surface area (Å²) >= 11 is 3.53. The van der Waals surface area contributed by atoms with E-state index in [9.17, 15) is 0 Å². The van der Waals surface area contributed by atoms with Gasteiger partial charge in [-0.3, -0.25) is 0 Å². The van der Waals surface area contributed by atoms with Gasteiger partial charge in [-0.25, -0.2) is 9.97 Å². The molecule has 0 saturated heterocycles. The molecule has 102 valence electrons. The first-order chi connectivity index (χ1) is 9.31. The quantitative estimate of drug-likeness (QED) is 0.793. The van der Waals surface area contributed by atoms with Crippen molar-refractivity contribution < 1.29 is 0 Å². The number of alkyl halides is 1. The van der Waals surface area contributed by atoms with Gasteiger partial charge >= 0.3 is 0 Å². The number of pyridine rings is 1. The maximum atomic E-state index is 4.61. The Bertz CT molecular complexity index is 562. The lowest BCUT2D eigenvalue weighted by Gasteiger charge is -2.38. The maximum absolute atomic E-state index is 4.61. The second-order valence-corrected chi connectivity index (χ2v) is 5.97. The highest BCUT2D eigenvalue weighted by Crippen LogP contribution is 2.32. The monoisotopic (exact) mass is 322 g/mol. The van der Waals surface area contributed by atoms with Crippen LogP contribution in [0.3, 0.4) is 0 Å². The number of aryl methyl sites for hydroxylation is 1. The van der Waals surface area contributed by atoms with Crippen molar-refractivity contribution in [3.05, 3.63) is 18.6 Å². The molecule has 1 saturated carbocycles. The van der Waals surface area contributed by atoms with E-state index in [1.54, 1.807) is 0 Å². The molecule has 2 aromatic heterocycles. The fraction of sp³-hybridized carbons (Fsp3) is 0.571. The minimum absolute atomic E-state index is 0.652. The number of hydrogen-bond acceptors (Lipinski definition) is 3. The van der Waals surface area contributed by atoms with Gasteiger partial charge in [0.2, 0.25) is 0 Å². The van der Waals surface area contributed by atoms with Gasteiger partial charge in [0.15, 0.2) is 5.82 Å². The third-order valence-electron chi connectivity index (χ3n) is 3.94. The summed E-state index contributed by atoms with van der Waals surface area (Å²) < 4.78 is 2.06. The van der Waals surface area contributed by atoms with E-state index in [-0.39, 0.29) is 0 Å². The zero-order chi connectivity index (χ0) is 13.2. The van der Waals surface area contributed by atoms with Gasteiger partial charge in [0.1, 0.15) is 5.52 Å². The summed E-state index contributed by atoms with van der Waals surface area (Å²) in [6.07, 6.45) is 8.83. The highest BCUT2D eigenvalue weighted by molar-refractivity contribution is 9.09. The number of hydrogen-bond donors (Lipinski definition) is 0. The molecule has 1 aliphatic rings. The molecule has 1 aliphatic carbocycles. The van der Waals surface area contributed by atoms with Crippen molar-refractivity contribution in [1.82, 2.24) is 14.5 Å². The largest absolute Gasteiger partial charge is 0.352 e. The molecule has 0 N–H and O–H groups in total. The van der Waals surface area contributed by atoms with E-state index < -0.39 is 0 Å². The average molecular weight is 323 g/mol. The summed E-state index contributed by atoms with van der Waals surface area (Å²) in [5, 5.41) is 1.04. The van der Waals surface area contributed by atoms with E-state index in [1.165, 1.54) is 19.3 Å². The van der Waals surface area contributed by atoms with Crippen molar-refractivity contribution in [2.45, 2.75) is 31.7 Å². The molecule has 0 spiro atoms. The van der Waals surface area contributed by atoms with Gasteiger partial charge < -0.3 is 9.47 Å². The second kappa shape index (κ2) is 5.49. The normalized spacial score (nSPS) is 15.7. The molecule has 0 unspecified atom stereocenters. The Morgan fingerprint density at radius 1 is 1.42 bits per heavy atom. The summed E-state index contributed by atoms with van der Waals surface area (Å²) in [5.74, 6) is 1.06. The Kier molecular flexibility index (Phi) is 3.73. The molecule has 0 atom stereocenters. The number of halogens is 1. The summed E-state index contributed by atoms with van der Waals surface area (Å²) in [6, 6.07) is 2.69. The van der Waals surface area contributed by atoms with Crippen LogP contribution < -0.4 is 4.90 Å². The predicted octanol–water partition coefficient (Wildman–Crippen LogP) is 3.11. The van der Waals surface area contributed by atoms with Gasteiger partial charge in [-0.1, -0.05) is 15.9 Å². The van der Waals surface area contributed by atoms with Crippen molar-refractivity contribution >= 4 is 32.8 Å². The average Bonchev–Trinajstić information content (AvgIpc) is 2.74. The Morgan fingerprint density at radius 2 is 2.26 bits per heavy atom. The minimum atomic E-state index is 0.652.